The molecule has 146 valence electrons. The molecule has 5 nitrogen and oxygen atoms in total. The molecule has 27 heavy (non-hydrogen) atoms. The van der Waals surface area contributed by atoms with Crippen molar-refractivity contribution in [3.63, 3.8) is 0 Å². The van der Waals surface area contributed by atoms with Crippen LogP contribution in [0.2, 0.25) is 0 Å². The van der Waals surface area contributed by atoms with E-state index >= 15 is 0 Å². The van der Waals surface area contributed by atoms with Crippen LogP contribution in [0.25, 0.3) is 11.3 Å². The lowest BCUT2D eigenvalue weighted by molar-refractivity contribution is -0.134. The largest absolute Gasteiger partial charge is 0.441 e. The van der Waals surface area contributed by atoms with E-state index in [2.05, 4.69) is 11.9 Å². The second kappa shape index (κ2) is 10.3. The Hall–Kier alpha value is -2.14. The summed E-state index contributed by atoms with van der Waals surface area (Å²) in [6, 6.07) is 9.95. The van der Waals surface area contributed by atoms with Crippen LogP contribution in [0.5, 0.6) is 0 Å². The van der Waals surface area contributed by atoms with E-state index < -0.39 is 0 Å². The van der Waals surface area contributed by atoms with Gasteiger partial charge in [0.25, 0.3) is 0 Å². The third kappa shape index (κ3) is 5.93. The monoisotopic (exact) mass is 370 g/mol. The van der Waals surface area contributed by atoms with Crippen molar-refractivity contribution in [1.29, 1.82) is 0 Å². The summed E-state index contributed by atoms with van der Waals surface area (Å²) in [6.07, 6.45) is 8.29. The number of oxazole rings is 1. The van der Waals surface area contributed by atoms with Gasteiger partial charge in [0, 0.05) is 38.1 Å². The van der Waals surface area contributed by atoms with Crippen molar-refractivity contribution in [3.05, 3.63) is 42.4 Å². The third-order valence-electron chi connectivity index (χ3n) is 4.94. The third-order valence-corrected chi connectivity index (χ3v) is 4.94. The average Bonchev–Trinajstić information content (AvgIpc) is 3.18. The Morgan fingerprint density at radius 3 is 2.85 bits per heavy atom. The van der Waals surface area contributed by atoms with Crippen LogP contribution < -0.4 is 0 Å². The number of hydrogen-bond donors (Lipinski definition) is 0. The first-order valence-electron chi connectivity index (χ1n) is 10.2. The number of amides is 1. The fraction of sp³-hybridized carbons (Fsp3) is 0.545. The molecule has 1 amide bonds. The lowest BCUT2D eigenvalue weighted by Gasteiger charge is -2.30. The Bertz CT molecular complexity index is 693. The molecule has 1 atom stereocenters. The highest BCUT2D eigenvalue weighted by Crippen LogP contribution is 2.21. The van der Waals surface area contributed by atoms with E-state index in [0.29, 0.717) is 18.7 Å². The van der Waals surface area contributed by atoms with Crippen LogP contribution in [0.3, 0.4) is 0 Å². The second-order valence-electron chi connectivity index (χ2n) is 7.17. The summed E-state index contributed by atoms with van der Waals surface area (Å²) in [7, 11) is 0. The summed E-state index contributed by atoms with van der Waals surface area (Å²) in [5.41, 5.74) is 1.02. The van der Waals surface area contributed by atoms with E-state index in [9.17, 15) is 4.79 Å². The van der Waals surface area contributed by atoms with Crippen LogP contribution >= 0.6 is 0 Å². The molecule has 0 N–H and O–H groups in total. The normalized spacial score (nSPS) is 17.0. The van der Waals surface area contributed by atoms with Crippen molar-refractivity contribution in [1.82, 2.24) is 9.88 Å². The number of aryl methyl sites for hydroxylation is 1. The van der Waals surface area contributed by atoms with Crippen molar-refractivity contribution < 1.29 is 13.9 Å². The number of hydrogen-bond acceptors (Lipinski definition) is 4. The van der Waals surface area contributed by atoms with E-state index in [1.807, 2.05) is 35.2 Å². The van der Waals surface area contributed by atoms with Gasteiger partial charge in [-0.05, 0) is 32.1 Å². The van der Waals surface area contributed by atoms with Gasteiger partial charge in [-0.3, -0.25) is 4.79 Å². The van der Waals surface area contributed by atoms with Crippen molar-refractivity contribution in [2.24, 2.45) is 0 Å². The molecule has 1 aliphatic heterocycles. The summed E-state index contributed by atoms with van der Waals surface area (Å²) >= 11 is 0. The van der Waals surface area contributed by atoms with Gasteiger partial charge in [-0.2, -0.15) is 0 Å². The molecule has 0 spiro atoms. The van der Waals surface area contributed by atoms with Gasteiger partial charge in [-0.25, -0.2) is 4.98 Å². The Morgan fingerprint density at radius 2 is 2.11 bits per heavy atom. The number of carbonyl (C=O) groups is 1. The Labute approximate surface area is 161 Å². The van der Waals surface area contributed by atoms with Gasteiger partial charge in [0.1, 0.15) is 0 Å². The van der Waals surface area contributed by atoms with Gasteiger partial charge in [-0.1, -0.05) is 37.3 Å². The first kappa shape index (κ1) is 19.6. The van der Waals surface area contributed by atoms with Gasteiger partial charge in [0.05, 0.1) is 12.3 Å². The fourth-order valence-electron chi connectivity index (χ4n) is 3.50. The summed E-state index contributed by atoms with van der Waals surface area (Å²) in [6.45, 7) is 4.46. The van der Waals surface area contributed by atoms with Gasteiger partial charge >= 0.3 is 0 Å². The molecule has 0 bridgehead atoms. The average molecular weight is 370 g/mol. The van der Waals surface area contributed by atoms with Crippen LogP contribution in [-0.2, 0) is 16.0 Å². The van der Waals surface area contributed by atoms with Crippen molar-refractivity contribution >= 4 is 5.91 Å². The van der Waals surface area contributed by atoms with E-state index in [-0.39, 0.29) is 12.0 Å². The van der Waals surface area contributed by atoms with Crippen molar-refractivity contribution in [3.8, 4) is 11.3 Å². The van der Waals surface area contributed by atoms with Gasteiger partial charge < -0.3 is 14.1 Å². The Kier molecular flexibility index (Phi) is 7.45. The predicted octanol–water partition coefficient (Wildman–Crippen LogP) is 4.47. The van der Waals surface area contributed by atoms with Crippen molar-refractivity contribution in [2.75, 3.05) is 19.7 Å². The van der Waals surface area contributed by atoms with Crippen LogP contribution in [-0.4, -0.2) is 41.6 Å². The number of ether oxygens (including phenoxy) is 1. The van der Waals surface area contributed by atoms with Gasteiger partial charge in [0.15, 0.2) is 11.7 Å². The van der Waals surface area contributed by atoms with Crippen LogP contribution in [0, 0.1) is 0 Å². The topological polar surface area (TPSA) is 55.6 Å². The van der Waals surface area contributed by atoms with Crippen LogP contribution in [0.1, 0.15) is 51.3 Å². The second-order valence-corrected chi connectivity index (χ2v) is 7.17. The smallest absolute Gasteiger partial charge is 0.222 e. The molecule has 2 aromatic rings. The zero-order valence-corrected chi connectivity index (χ0v) is 16.2. The standard InChI is InChI=1S/C22H30N2O3/c1-2-14-24(17-19-11-6-7-15-26-19)22(25)13-8-12-21-23-16-20(27-21)18-9-4-3-5-10-18/h3-5,9-10,16,19H,2,6-8,11-15,17H2,1H3. The van der Waals surface area contributed by atoms with Crippen LogP contribution in [0.15, 0.2) is 40.9 Å². The molecule has 1 aromatic heterocycles. The van der Waals surface area contributed by atoms with Gasteiger partial charge in [0.2, 0.25) is 5.91 Å². The molecule has 1 unspecified atom stereocenters. The number of aromatic nitrogens is 1. The summed E-state index contributed by atoms with van der Waals surface area (Å²) in [4.78, 5) is 19.0. The maximum atomic E-state index is 12.6. The molecule has 2 heterocycles. The Morgan fingerprint density at radius 1 is 1.26 bits per heavy atom. The number of rotatable bonds is 9. The highest BCUT2D eigenvalue weighted by Gasteiger charge is 2.21. The highest BCUT2D eigenvalue weighted by atomic mass is 16.5. The van der Waals surface area contributed by atoms with Gasteiger partial charge in [-0.15, -0.1) is 0 Å². The molecule has 1 aromatic carbocycles. The first-order chi connectivity index (χ1) is 13.3. The molecule has 1 aliphatic rings. The molecule has 1 saturated heterocycles. The molecule has 3 rings (SSSR count). The van der Waals surface area contributed by atoms with E-state index in [1.165, 1.54) is 6.42 Å². The molecule has 0 aliphatic carbocycles. The lowest BCUT2D eigenvalue weighted by atomic mass is 10.1. The minimum atomic E-state index is 0.203. The number of carbonyl (C=O) groups excluding carboxylic acids is 1. The SMILES string of the molecule is CCCN(CC1CCCCO1)C(=O)CCCc1ncc(-c2ccccc2)o1. The molecular formula is C22H30N2O3. The number of benzene rings is 1. The maximum absolute atomic E-state index is 12.6. The maximum Gasteiger partial charge on any atom is 0.222 e. The number of nitrogens with zero attached hydrogens (tertiary/aromatic N) is 2. The summed E-state index contributed by atoms with van der Waals surface area (Å²) in [5, 5.41) is 0. The predicted molar refractivity (Wildman–Crippen MR) is 105 cm³/mol. The fourth-order valence-corrected chi connectivity index (χ4v) is 3.50. The lowest BCUT2D eigenvalue weighted by Crippen LogP contribution is -2.40. The van der Waals surface area contributed by atoms with E-state index in [1.54, 1.807) is 6.20 Å². The molecule has 0 radical (unpaired) electrons. The van der Waals surface area contributed by atoms with E-state index in [0.717, 1.165) is 56.7 Å². The molecular weight excluding hydrogens is 340 g/mol. The summed E-state index contributed by atoms with van der Waals surface area (Å²) in [5.74, 6) is 1.68. The molecule has 5 heteroatoms. The first-order valence-corrected chi connectivity index (χ1v) is 10.2. The van der Waals surface area contributed by atoms with Crippen LogP contribution in [0.4, 0.5) is 0 Å². The van der Waals surface area contributed by atoms with Crippen molar-refractivity contribution in [2.45, 2.75) is 58.0 Å². The zero-order chi connectivity index (χ0) is 18.9. The zero-order valence-electron chi connectivity index (χ0n) is 16.2. The Balaban J connectivity index is 1.46. The minimum Gasteiger partial charge on any atom is -0.441 e. The minimum absolute atomic E-state index is 0.203. The van der Waals surface area contributed by atoms with E-state index in [4.69, 9.17) is 9.15 Å². The summed E-state index contributed by atoms with van der Waals surface area (Å²) < 4.78 is 11.6. The quantitative estimate of drug-likeness (QED) is 0.653. The highest BCUT2D eigenvalue weighted by molar-refractivity contribution is 5.76. The molecule has 1 fully saturated rings. The molecule has 0 saturated carbocycles.